The average Bonchev–Trinajstić information content (AvgIpc) is 2.44. The number of hydrogen-bond acceptors (Lipinski definition) is 6. The molecule has 0 aliphatic heterocycles. The fraction of sp³-hybridized carbons (Fsp3) is 0.214. The van der Waals surface area contributed by atoms with Gasteiger partial charge in [0.25, 0.3) is 5.56 Å². The molecule has 0 amide bonds. The number of nitrogens with one attached hydrogen (secondary N) is 1. The van der Waals surface area contributed by atoms with Gasteiger partial charge in [-0.25, -0.2) is 4.98 Å². The van der Waals surface area contributed by atoms with E-state index in [1.807, 2.05) is 6.07 Å². The number of carboxylic acid groups (broad SMARTS) is 1. The Labute approximate surface area is 125 Å². The fourth-order valence-corrected chi connectivity index (χ4v) is 2.32. The van der Waals surface area contributed by atoms with Gasteiger partial charge in [0.2, 0.25) is 5.75 Å². The summed E-state index contributed by atoms with van der Waals surface area (Å²) >= 11 is 0.911. The van der Waals surface area contributed by atoms with Crippen molar-refractivity contribution in [3.8, 4) is 11.5 Å². The summed E-state index contributed by atoms with van der Waals surface area (Å²) in [6.45, 7) is 3.09. The van der Waals surface area contributed by atoms with Gasteiger partial charge >= 0.3 is 0 Å². The summed E-state index contributed by atoms with van der Waals surface area (Å²) < 4.78 is 5.50. The van der Waals surface area contributed by atoms with Gasteiger partial charge in [-0.15, -0.1) is 0 Å². The lowest BCUT2D eigenvalue weighted by Gasteiger charge is -2.12. The molecule has 1 aromatic carbocycles. The first-order chi connectivity index (χ1) is 9.97. The van der Waals surface area contributed by atoms with Crippen molar-refractivity contribution in [1.82, 2.24) is 9.97 Å². The summed E-state index contributed by atoms with van der Waals surface area (Å²) in [5.74, 6) is -0.604. The molecule has 0 spiro atoms. The Morgan fingerprint density at radius 3 is 2.62 bits per heavy atom. The largest absolute Gasteiger partial charge is 0.549 e. The summed E-state index contributed by atoms with van der Waals surface area (Å²) in [5.41, 5.74) is -0.0740. The lowest BCUT2D eigenvalue weighted by Crippen LogP contribution is -2.31. The van der Waals surface area contributed by atoms with E-state index in [0.29, 0.717) is 11.4 Å². The van der Waals surface area contributed by atoms with E-state index in [9.17, 15) is 14.7 Å². The first-order valence-electron chi connectivity index (χ1n) is 6.18. The van der Waals surface area contributed by atoms with Crippen molar-refractivity contribution < 1.29 is 14.6 Å². The highest BCUT2D eigenvalue weighted by atomic mass is 32.2. The van der Waals surface area contributed by atoms with E-state index in [1.54, 1.807) is 31.2 Å². The number of aromatic nitrogens is 2. The molecule has 0 unspecified atom stereocenters. The molecule has 2 aromatic rings. The molecule has 0 saturated carbocycles. The number of para-hydroxylation sites is 1. The number of ether oxygens (including phenoxy) is 1. The smallest absolute Gasteiger partial charge is 0.294 e. The summed E-state index contributed by atoms with van der Waals surface area (Å²) in [6.07, 6.45) is 0. The molecule has 1 heterocycles. The number of rotatable bonds is 5. The number of aromatic amines is 1. The van der Waals surface area contributed by atoms with Gasteiger partial charge in [0, 0.05) is 5.25 Å². The third-order valence-corrected chi connectivity index (χ3v) is 3.57. The van der Waals surface area contributed by atoms with Crippen molar-refractivity contribution >= 4 is 17.7 Å². The second-order valence-electron chi connectivity index (χ2n) is 4.28. The van der Waals surface area contributed by atoms with Crippen LogP contribution in [0.15, 0.2) is 40.3 Å². The first kappa shape index (κ1) is 15.1. The molecule has 0 bridgehead atoms. The van der Waals surface area contributed by atoms with Crippen LogP contribution in [-0.4, -0.2) is 21.2 Å². The third kappa shape index (κ3) is 3.85. The lowest BCUT2D eigenvalue weighted by molar-refractivity contribution is -0.304. The molecule has 7 heteroatoms. The molecular weight excluding hydrogens is 292 g/mol. The summed E-state index contributed by atoms with van der Waals surface area (Å²) in [7, 11) is 0. The second kappa shape index (κ2) is 6.45. The van der Waals surface area contributed by atoms with Gasteiger partial charge in [0.05, 0.1) is 11.7 Å². The standard InChI is InChI=1S/C14H14N2O4S/c1-8-11(20-10-6-4-3-5-7-10)12(17)16-14(15-8)21-9(2)13(18)19/h3-7,9H,1-2H3,(H,18,19)(H,15,16,17)/p-1/t9-/m1/s1. The molecule has 0 fully saturated rings. The monoisotopic (exact) mass is 305 g/mol. The molecule has 1 aromatic heterocycles. The molecule has 21 heavy (non-hydrogen) atoms. The number of aliphatic carboxylic acids is 1. The van der Waals surface area contributed by atoms with Gasteiger partial charge in [0.1, 0.15) is 5.75 Å². The highest BCUT2D eigenvalue weighted by Gasteiger charge is 2.13. The van der Waals surface area contributed by atoms with E-state index in [-0.39, 0.29) is 10.9 Å². The van der Waals surface area contributed by atoms with Gasteiger partial charge in [-0.1, -0.05) is 30.0 Å². The second-order valence-corrected chi connectivity index (χ2v) is 5.61. The summed E-state index contributed by atoms with van der Waals surface area (Å²) in [5, 5.41) is 10.1. The quantitative estimate of drug-likeness (QED) is 0.656. The van der Waals surface area contributed by atoms with Crippen molar-refractivity contribution in [3.05, 3.63) is 46.4 Å². The number of nitrogens with zero attached hydrogens (tertiary/aromatic N) is 1. The van der Waals surface area contributed by atoms with E-state index in [4.69, 9.17) is 4.74 Å². The molecule has 1 atom stereocenters. The minimum atomic E-state index is -1.22. The molecule has 1 N–H and O–H groups in total. The van der Waals surface area contributed by atoms with Crippen LogP contribution in [0.25, 0.3) is 0 Å². The molecule has 0 radical (unpaired) electrons. The Bertz CT molecular complexity index is 700. The SMILES string of the molecule is Cc1nc(S[C@H](C)C(=O)[O-])[nH]c(=O)c1Oc1ccccc1. The number of benzene rings is 1. The van der Waals surface area contributed by atoms with E-state index < -0.39 is 16.8 Å². The number of aryl methyl sites for hydroxylation is 1. The van der Waals surface area contributed by atoms with Crippen LogP contribution in [0.1, 0.15) is 12.6 Å². The van der Waals surface area contributed by atoms with Crippen LogP contribution >= 0.6 is 11.8 Å². The van der Waals surface area contributed by atoms with Crippen LogP contribution in [0.2, 0.25) is 0 Å². The van der Waals surface area contributed by atoms with Gasteiger partial charge in [-0.05, 0) is 26.0 Å². The predicted octanol–water partition coefficient (Wildman–Crippen LogP) is 1.10. The summed E-state index contributed by atoms with van der Waals surface area (Å²) in [4.78, 5) is 29.4. The maximum atomic E-state index is 12.0. The van der Waals surface area contributed by atoms with Gasteiger partial charge in [-0.2, -0.15) is 0 Å². The molecule has 2 rings (SSSR count). The number of carbonyl (C=O) groups excluding carboxylic acids is 1. The molecule has 110 valence electrons. The highest BCUT2D eigenvalue weighted by Crippen LogP contribution is 2.23. The van der Waals surface area contributed by atoms with Crippen LogP contribution in [-0.2, 0) is 4.79 Å². The maximum absolute atomic E-state index is 12.0. The van der Waals surface area contributed by atoms with Crippen LogP contribution < -0.4 is 15.4 Å². The first-order valence-corrected chi connectivity index (χ1v) is 7.06. The zero-order valence-corrected chi connectivity index (χ0v) is 12.3. The number of carbonyl (C=O) groups is 1. The Morgan fingerprint density at radius 1 is 1.38 bits per heavy atom. The zero-order chi connectivity index (χ0) is 15.4. The number of hydrogen-bond donors (Lipinski definition) is 1. The minimum absolute atomic E-state index is 0.0895. The van der Waals surface area contributed by atoms with E-state index in [2.05, 4.69) is 9.97 Å². The van der Waals surface area contributed by atoms with Gasteiger partial charge < -0.3 is 14.6 Å². The number of thioether (sulfide) groups is 1. The van der Waals surface area contributed by atoms with Crippen molar-refractivity contribution in [2.75, 3.05) is 0 Å². The van der Waals surface area contributed by atoms with Crippen LogP contribution in [0.5, 0.6) is 11.5 Å². The molecule has 0 aliphatic rings. The van der Waals surface area contributed by atoms with E-state index >= 15 is 0 Å². The van der Waals surface area contributed by atoms with E-state index in [0.717, 1.165) is 11.8 Å². The lowest BCUT2D eigenvalue weighted by atomic mass is 10.3. The topological polar surface area (TPSA) is 95.1 Å². The van der Waals surface area contributed by atoms with E-state index in [1.165, 1.54) is 6.92 Å². The molecule has 0 aliphatic carbocycles. The van der Waals surface area contributed by atoms with Gasteiger partial charge in [-0.3, -0.25) is 9.78 Å². The zero-order valence-electron chi connectivity index (χ0n) is 11.5. The predicted molar refractivity (Wildman–Crippen MR) is 76.4 cm³/mol. The van der Waals surface area contributed by atoms with Crippen molar-refractivity contribution in [3.63, 3.8) is 0 Å². The Balaban J connectivity index is 2.26. The van der Waals surface area contributed by atoms with Crippen molar-refractivity contribution in [2.24, 2.45) is 0 Å². The Kier molecular flexibility index (Phi) is 4.64. The normalized spacial score (nSPS) is 11.9. The Hall–Kier alpha value is -2.28. The maximum Gasteiger partial charge on any atom is 0.294 e. The number of H-pyrrole nitrogens is 1. The fourth-order valence-electron chi connectivity index (χ4n) is 1.55. The minimum Gasteiger partial charge on any atom is -0.549 e. The Morgan fingerprint density at radius 2 is 2.05 bits per heavy atom. The van der Waals surface area contributed by atoms with Crippen LogP contribution in [0.3, 0.4) is 0 Å². The van der Waals surface area contributed by atoms with Crippen molar-refractivity contribution in [2.45, 2.75) is 24.3 Å². The third-order valence-electron chi connectivity index (χ3n) is 2.61. The average molecular weight is 305 g/mol. The highest BCUT2D eigenvalue weighted by molar-refractivity contribution is 8.00. The van der Waals surface area contributed by atoms with Crippen molar-refractivity contribution in [1.29, 1.82) is 0 Å². The molecule has 0 saturated heterocycles. The molecular formula is C14H13N2O4S-. The van der Waals surface area contributed by atoms with Gasteiger partial charge in [0.15, 0.2) is 5.16 Å². The summed E-state index contributed by atoms with van der Waals surface area (Å²) in [6, 6.07) is 8.86. The van der Waals surface area contributed by atoms with Crippen LogP contribution in [0, 0.1) is 6.92 Å². The molecule has 6 nitrogen and oxygen atoms in total. The van der Waals surface area contributed by atoms with Crippen LogP contribution in [0.4, 0.5) is 0 Å². The number of carboxylic acids is 1.